The second kappa shape index (κ2) is 51.2. The highest BCUT2D eigenvalue weighted by molar-refractivity contribution is 5.76. The molecule has 1 heterocycles. The summed E-state index contributed by atoms with van der Waals surface area (Å²) in [5, 5.41) is 54.1. The van der Waals surface area contributed by atoms with E-state index in [1.54, 1.807) is 6.08 Å². The van der Waals surface area contributed by atoms with E-state index in [9.17, 15) is 35.1 Å². The Bertz CT molecular complexity index is 1440. The smallest absolute Gasteiger partial charge is 0.305 e. The monoisotopic (exact) mass is 1030 g/mol. The van der Waals surface area contributed by atoms with Gasteiger partial charge in [0.15, 0.2) is 6.29 Å². The molecule has 73 heavy (non-hydrogen) atoms. The Morgan fingerprint density at radius 1 is 0.534 bits per heavy atom. The lowest BCUT2D eigenvalue weighted by atomic mass is 9.99. The molecule has 0 saturated carbocycles. The first-order valence-corrected chi connectivity index (χ1v) is 29.7. The van der Waals surface area contributed by atoms with Crippen molar-refractivity contribution in [3.05, 3.63) is 72.9 Å². The summed E-state index contributed by atoms with van der Waals surface area (Å²) in [4.78, 5) is 25.0. The Morgan fingerprint density at radius 3 is 1.52 bits per heavy atom. The SMILES string of the molecule is C/C=C/CC/C=C/CC/C=C/C(O)C(COC1OC(CO)C(O)C(O)C1O)NC(=O)CCCCCCCCCCCCCCCC/C=C\C/C=C\CCOC(=O)CCCCCCC/C=C\CCCCCCCC. The van der Waals surface area contributed by atoms with Crippen molar-refractivity contribution in [3.63, 3.8) is 0 Å². The van der Waals surface area contributed by atoms with Gasteiger partial charge in [-0.25, -0.2) is 0 Å². The van der Waals surface area contributed by atoms with Crippen LogP contribution < -0.4 is 5.32 Å². The molecular formula is C62H109NO10. The summed E-state index contributed by atoms with van der Waals surface area (Å²) in [5.41, 5.74) is 0. The molecule has 0 aromatic rings. The predicted octanol–water partition coefficient (Wildman–Crippen LogP) is 13.6. The van der Waals surface area contributed by atoms with Gasteiger partial charge in [-0.3, -0.25) is 9.59 Å². The van der Waals surface area contributed by atoms with Gasteiger partial charge >= 0.3 is 5.97 Å². The maximum atomic E-state index is 13.0. The highest BCUT2D eigenvalue weighted by Gasteiger charge is 2.44. The lowest BCUT2D eigenvalue weighted by molar-refractivity contribution is -0.302. The van der Waals surface area contributed by atoms with E-state index in [1.807, 2.05) is 19.1 Å². The molecule has 11 nitrogen and oxygen atoms in total. The van der Waals surface area contributed by atoms with Gasteiger partial charge < -0.3 is 45.1 Å². The summed E-state index contributed by atoms with van der Waals surface area (Å²) in [7, 11) is 0. The van der Waals surface area contributed by atoms with Gasteiger partial charge in [0.1, 0.15) is 24.4 Å². The molecule has 0 aromatic carbocycles. The van der Waals surface area contributed by atoms with Gasteiger partial charge in [-0.15, -0.1) is 0 Å². The fraction of sp³-hybridized carbons (Fsp3) is 0.774. The van der Waals surface area contributed by atoms with Crippen LogP contribution in [0.1, 0.15) is 245 Å². The molecule has 7 atom stereocenters. The number of nitrogens with one attached hydrogen (secondary N) is 1. The zero-order chi connectivity index (χ0) is 53.1. The number of aliphatic hydroxyl groups excluding tert-OH is 5. The maximum absolute atomic E-state index is 13.0. The van der Waals surface area contributed by atoms with Crippen LogP contribution in [-0.2, 0) is 23.8 Å². The van der Waals surface area contributed by atoms with Crippen LogP contribution >= 0.6 is 0 Å². The minimum absolute atomic E-state index is 0.0584. The number of amides is 1. The Hall–Kier alpha value is -2.90. The summed E-state index contributed by atoms with van der Waals surface area (Å²) < 4.78 is 16.6. The molecule has 422 valence electrons. The third kappa shape index (κ3) is 41.0. The molecule has 0 bridgehead atoms. The zero-order valence-corrected chi connectivity index (χ0v) is 46.3. The standard InChI is InChI=1S/C62H109NO10/c1-3-5-7-9-11-13-14-15-23-27-30-34-38-42-46-50-58(67)71-51-47-43-39-35-31-28-25-22-20-18-16-17-19-21-24-26-29-33-37-41-45-49-57(66)63-54(55(65)48-44-40-36-32-12-10-8-6-4-2)53-72-62-61(70)60(69)59(68)56(52-64)73-62/h4,6,12,15,23,28,31-32,39,43-44,48,54-56,59-62,64-65,68-70H,3,5,7-11,13-14,16-22,24-27,29-30,33-38,40-42,45-47,49-53H2,1-2H3,(H,63,66)/b6-4+,23-15-,31-28-,32-12+,43-39-,48-44+. The molecular weight excluding hydrogens is 919 g/mol. The van der Waals surface area contributed by atoms with E-state index in [0.29, 0.717) is 25.9 Å². The second-order valence-electron chi connectivity index (χ2n) is 20.3. The van der Waals surface area contributed by atoms with Crippen LogP contribution in [-0.4, -0.2) is 100 Å². The zero-order valence-electron chi connectivity index (χ0n) is 46.3. The van der Waals surface area contributed by atoms with Crippen LogP contribution in [0.2, 0.25) is 0 Å². The lowest BCUT2D eigenvalue weighted by Gasteiger charge is -2.40. The maximum Gasteiger partial charge on any atom is 0.305 e. The van der Waals surface area contributed by atoms with Crippen LogP contribution in [0.4, 0.5) is 0 Å². The highest BCUT2D eigenvalue weighted by atomic mass is 16.7. The van der Waals surface area contributed by atoms with Gasteiger partial charge in [0.2, 0.25) is 5.91 Å². The number of unbranched alkanes of at least 4 members (excludes halogenated alkanes) is 27. The summed E-state index contributed by atoms with van der Waals surface area (Å²) in [6.45, 7) is 3.95. The molecule has 0 radical (unpaired) electrons. The van der Waals surface area contributed by atoms with Crippen molar-refractivity contribution in [2.75, 3.05) is 19.8 Å². The minimum atomic E-state index is -1.58. The normalized spacial score (nSPS) is 19.5. The van der Waals surface area contributed by atoms with Crippen molar-refractivity contribution in [2.45, 2.75) is 288 Å². The number of rotatable bonds is 50. The quantitative estimate of drug-likeness (QED) is 0.0195. The van der Waals surface area contributed by atoms with E-state index < -0.39 is 49.5 Å². The van der Waals surface area contributed by atoms with Gasteiger partial charge in [-0.1, -0.05) is 208 Å². The van der Waals surface area contributed by atoms with Crippen molar-refractivity contribution >= 4 is 11.9 Å². The van der Waals surface area contributed by atoms with E-state index in [1.165, 1.54) is 135 Å². The molecule has 7 unspecified atom stereocenters. The van der Waals surface area contributed by atoms with Crippen LogP contribution in [0.25, 0.3) is 0 Å². The molecule has 1 aliphatic heterocycles. The molecule has 0 aromatic heterocycles. The van der Waals surface area contributed by atoms with Gasteiger partial charge in [0, 0.05) is 12.8 Å². The predicted molar refractivity (Wildman–Crippen MR) is 301 cm³/mol. The van der Waals surface area contributed by atoms with E-state index >= 15 is 0 Å². The molecule has 11 heteroatoms. The average molecular weight is 1030 g/mol. The molecule has 1 rings (SSSR count). The Morgan fingerprint density at radius 2 is 0.986 bits per heavy atom. The largest absolute Gasteiger partial charge is 0.465 e. The van der Waals surface area contributed by atoms with Crippen molar-refractivity contribution in [1.82, 2.24) is 5.32 Å². The fourth-order valence-corrected chi connectivity index (χ4v) is 8.89. The number of carbonyl (C=O) groups excluding carboxylic acids is 2. The summed E-state index contributed by atoms with van der Waals surface area (Å²) >= 11 is 0. The van der Waals surface area contributed by atoms with E-state index in [-0.39, 0.29) is 18.5 Å². The third-order valence-electron chi connectivity index (χ3n) is 13.6. The molecule has 1 aliphatic rings. The minimum Gasteiger partial charge on any atom is -0.465 e. The topological polar surface area (TPSA) is 175 Å². The van der Waals surface area contributed by atoms with Crippen LogP contribution in [0.3, 0.4) is 0 Å². The Balaban J connectivity index is 2.04. The number of ether oxygens (including phenoxy) is 3. The first kappa shape index (κ1) is 68.1. The van der Waals surface area contributed by atoms with Crippen LogP contribution in [0.5, 0.6) is 0 Å². The number of aliphatic hydroxyl groups is 5. The lowest BCUT2D eigenvalue weighted by Crippen LogP contribution is -2.60. The molecule has 1 saturated heterocycles. The van der Waals surface area contributed by atoms with Crippen molar-refractivity contribution in [1.29, 1.82) is 0 Å². The number of esters is 1. The Labute approximate surface area is 445 Å². The number of hydrogen-bond acceptors (Lipinski definition) is 10. The summed E-state index contributed by atoms with van der Waals surface area (Å²) in [6.07, 6.45) is 57.6. The van der Waals surface area contributed by atoms with Gasteiger partial charge in [0.25, 0.3) is 0 Å². The van der Waals surface area contributed by atoms with Crippen LogP contribution in [0, 0.1) is 0 Å². The van der Waals surface area contributed by atoms with E-state index in [4.69, 9.17) is 14.2 Å². The van der Waals surface area contributed by atoms with Crippen LogP contribution in [0.15, 0.2) is 72.9 Å². The number of carbonyl (C=O) groups is 2. The van der Waals surface area contributed by atoms with Gasteiger partial charge in [0.05, 0.1) is 32.0 Å². The third-order valence-corrected chi connectivity index (χ3v) is 13.6. The molecule has 1 fully saturated rings. The van der Waals surface area contributed by atoms with Crippen molar-refractivity contribution in [2.24, 2.45) is 0 Å². The van der Waals surface area contributed by atoms with Crippen molar-refractivity contribution < 1.29 is 49.3 Å². The molecule has 1 amide bonds. The first-order chi connectivity index (χ1) is 35.7. The van der Waals surface area contributed by atoms with E-state index in [2.05, 4.69) is 66.9 Å². The average Bonchev–Trinajstić information content (AvgIpc) is 3.39. The highest BCUT2D eigenvalue weighted by Crippen LogP contribution is 2.23. The number of allylic oxidation sites excluding steroid dienone is 10. The number of hydrogen-bond donors (Lipinski definition) is 6. The second-order valence-corrected chi connectivity index (χ2v) is 20.3. The molecule has 0 aliphatic carbocycles. The van der Waals surface area contributed by atoms with Crippen molar-refractivity contribution in [3.8, 4) is 0 Å². The van der Waals surface area contributed by atoms with Gasteiger partial charge in [-0.05, 0) is 96.8 Å². The molecule has 0 spiro atoms. The Kier molecular flexibility index (Phi) is 47.8. The summed E-state index contributed by atoms with van der Waals surface area (Å²) in [5.74, 6) is -0.264. The fourth-order valence-electron chi connectivity index (χ4n) is 8.89. The van der Waals surface area contributed by atoms with E-state index in [0.717, 1.165) is 77.0 Å². The van der Waals surface area contributed by atoms with Gasteiger partial charge in [-0.2, -0.15) is 0 Å². The molecule has 6 N–H and O–H groups in total. The first-order valence-electron chi connectivity index (χ1n) is 29.7. The summed E-state index contributed by atoms with van der Waals surface area (Å²) in [6, 6.07) is -0.839.